The molecule has 3 saturated carbocycles. The van der Waals surface area contributed by atoms with Crippen LogP contribution in [0.5, 0.6) is 0 Å². The average molecular weight is 344 g/mol. The van der Waals surface area contributed by atoms with Crippen LogP contribution >= 0.6 is 11.3 Å². The van der Waals surface area contributed by atoms with Gasteiger partial charge in [0.2, 0.25) is 11.8 Å². The van der Waals surface area contributed by atoms with Gasteiger partial charge in [0.05, 0.1) is 18.4 Å². The lowest BCUT2D eigenvalue weighted by Gasteiger charge is -2.27. The molecule has 0 unspecified atom stereocenters. The Morgan fingerprint density at radius 1 is 1.29 bits per heavy atom. The van der Waals surface area contributed by atoms with Crippen LogP contribution in [0.25, 0.3) is 0 Å². The molecular weight excluding hydrogens is 324 g/mol. The van der Waals surface area contributed by atoms with E-state index in [0.29, 0.717) is 30.2 Å². The molecule has 7 heteroatoms. The van der Waals surface area contributed by atoms with Crippen molar-refractivity contribution in [2.24, 2.45) is 17.8 Å². The smallest absolute Gasteiger partial charge is 0.230 e. The van der Waals surface area contributed by atoms with Gasteiger partial charge in [-0.1, -0.05) is 5.16 Å². The average Bonchev–Trinajstić information content (AvgIpc) is 3.08. The zero-order valence-corrected chi connectivity index (χ0v) is 14.2. The fraction of sp³-hybridized carbons (Fsp3) is 0.647. The standard InChI is InChI=1S/C17H20N4O2S/c22-16(19-8-12-18-5-6-24-12)13-10-3-4-11(7-10)14(13)17-20-15(21-23-17)9-1-2-9/h5-6,9-11,13-14H,1-4,7-8H2,(H,19,22)/t10-,11+,13-,14-/m0/s1. The largest absolute Gasteiger partial charge is 0.349 e. The molecule has 0 saturated heterocycles. The number of aromatic nitrogens is 3. The van der Waals surface area contributed by atoms with Crippen molar-refractivity contribution in [1.82, 2.24) is 20.4 Å². The van der Waals surface area contributed by atoms with Crippen molar-refractivity contribution in [2.45, 2.75) is 50.5 Å². The maximum atomic E-state index is 12.8. The lowest BCUT2D eigenvalue weighted by atomic mass is 9.78. The van der Waals surface area contributed by atoms with Gasteiger partial charge < -0.3 is 9.84 Å². The zero-order valence-electron chi connectivity index (χ0n) is 13.4. The van der Waals surface area contributed by atoms with Gasteiger partial charge >= 0.3 is 0 Å². The molecule has 1 N–H and O–H groups in total. The van der Waals surface area contributed by atoms with Crippen molar-refractivity contribution < 1.29 is 9.32 Å². The summed E-state index contributed by atoms with van der Waals surface area (Å²) in [7, 11) is 0. The molecule has 5 rings (SSSR count). The van der Waals surface area contributed by atoms with E-state index in [9.17, 15) is 4.79 Å². The minimum atomic E-state index is -0.0313. The molecule has 0 radical (unpaired) electrons. The number of hydrogen-bond donors (Lipinski definition) is 1. The monoisotopic (exact) mass is 344 g/mol. The molecule has 24 heavy (non-hydrogen) atoms. The Morgan fingerprint density at radius 2 is 2.17 bits per heavy atom. The zero-order chi connectivity index (χ0) is 16.1. The highest BCUT2D eigenvalue weighted by molar-refractivity contribution is 7.09. The molecule has 2 heterocycles. The van der Waals surface area contributed by atoms with Crippen molar-refractivity contribution in [3.63, 3.8) is 0 Å². The van der Waals surface area contributed by atoms with Crippen molar-refractivity contribution in [1.29, 1.82) is 0 Å². The maximum Gasteiger partial charge on any atom is 0.230 e. The molecule has 2 bridgehead atoms. The van der Waals surface area contributed by atoms with Gasteiger partial charge in [0, 0.05) is 17.5 Å². The van der Waals surface area contributed by atoms with Crippen molar-refractivity contribution in [3.8, 4) is 0 Å². The Bertz CT molecular complexity index is 740. The number of fused-ring (bicyclic) bond motifs is 2. The van der Waals surface area contributed by atoms with Gasteiger partial charge in [-0.15, -0.1) is 11.3 Å². The van der Waals surface area contributed by atoms with E-state index in [1.807, 2.05) is 5.38 Å². The van der Waals surface area contributed by atoms with Crippen LogP contribution in [-0.2, 0) is 11.3 Å². The second kappa shape index (κ2) is 5.65. The van der Waals surface area contributed by atoms with Gasteiger partial charge in [-0.2, -0.15) is 4.98 Å². The molecule has 1 amide bonds. The summed E-state index contributed by atoms with van der Waals surface area (Å²) in [5.41, 5.74) is 0. The van der Waals surface area contributed by atoms with Gasteiger partial charge in [-0.25, -0.2) is 4.98 Å². The van der Waals surface area contributed by atoms with E-state index in [1.165, 1.54) is 6.42 Å². The van der Waals surface area contributed by atoms with Crippen molar-refractivity contribution in [2.75, 3.05) is 0 Å². The van der Waals surface area contributed by atoms with Crippen molar-refractivity contribution >= 4 is 17.2 Å². The van der Waals surface area contributed by atoms with Crippen LogP contribution in [0, 0.1) is 17.8 Å². The molecule has 3 fully saturated rings. The van der Waals surface area contributed by atoms with Gasteiger partial charge in [0.25, 0.3) is 0 Å². The molecule has 0 aromatic carbocycles. The van der Waals surface area contributed by atoms with E-state index in [4.69, 9.17) is 4.52 Å². The summed E-state index contributed by atoms with van der Waals surface area (Å²) in [6, 6.07) is 0. The first-order valence-corrected chi connectivity index (χ1v) is 9.67. The van der Waals surface area contributed by atoms with E-state index in [0.717, 1.165) is 36.5 Å². The molecule has 0 spiro atoms. The highest BCUT2D eigenvalue weighted by atomic mass is 32.1. The summed E-state index contributed by atoms with van der Waals surface area (Å²) >= 11 is 1.57. The Hall–Kier alpha value is -1.76. The molecule has 0 aliphatic heterocycles. The number of nitrogens with one attached hydrogen (secondary N) is 1. The van der Waals surface area contributed by atoms with E-state index >= 15 is 0 Å². The van der Waals surface area contributed by atoms with Crippen molar-refractivity contribution in [3.05, 3.63) is 28.3 Å². The lowest BCUT2D eigenvalue weighted by Crippen LogP contribution is -2.37. The Labute approximate surface area is 144 Å². The van der Waals surface area contributed by atoms with E-state index in [2.05, 4.69) is 20.4 Å². The van der Waals surface area contributed by atoms with Crippen LogP contribution in [0.15, 0.2) is 16.1 Å². The van der Waals surface area contributed by atoms with E-state index in [1.54, 1.807) is 17.5 Å². The predicted octanol–water partition coefficient (Wildman–Crippen LogP) is 2.85. The third kappa shape index (κ3) is 2.46. The minimum Gasteiger partial charge on any atom is -0.349 e. The first kappa shape index (κ1) is 14.6. The third-order valence-corrected chi connectivity index (χ3v) is 6.58. The number of nitrogens with zero attached hydrogens (tertiary/aromatic N) is 3. The van der Waals surface area contributed by atoms with Gasteiger partial charge in [0.15, 0.2) is 5.82 Å². The van der Waals surface area contributed by atoms with Crippen LogP contribution in [-0.4, -0.2) is 21.0 Å². The van der Waals surface area contributed by atoms with Crippen LogP contribution in [0.1, 0.15) is 60.7 Å². The van der Waals surface area contributed by atoms with E-state index < -0.39 is 0 Å². The molecule has 6 nitrogen and oxygen atoms in total. The Balaban J connectivity index is 1.35. The molecular formula is C17H20N4O2S. The highest BCUT2D eigenvalue weighted by Crippen LogP contribution is 2.56. The summed E-state index contributed by atoms with van der Waals surface area (Å²) < 4.78 is 5.58. The SMILES string of the molecule is O=C(NCc1nccs1)[C@H]1[C@H]2CC[C@H](C2)[C@@H]1c1nc(C2CC2)no1. The quantitative estimate of drug-likeness (QED) is 0.902. The maximum absolute atomic E-state index is 12.8. The van der Waals surface area contributed by atoms with E-state index in [-0.39, 0.29) is 17.7 Å². The molecule has 4 atom stereocenters. The van der Waals surface area contributed by atoms with Crippen LogP contribution in [0.2, 0.25) is 0 Å². The summed E-state index contributed by atoms with van der Waals surface area (Å²) in [6.45, 7) is 0.508. The second-order valence-electron chi connectivity index (χ2n) is 7.29. The number of carbonyl (C=O) groups is 1. The summed E-state index contributed by atoms with van der Waals surface area (Å²) in [6.07, 6.45) is 7.51. The topological polar surface area (TPSA) is 80.9 Å². The Morgan fingerprint density at radius 3 is 2.96 bits per heavy atom. The summed E-state index contributed by atoms with van der Waals surface area (Å²) in [5, 5.41) is 10.1. The number of thiazole rings is 1. The van der Waals surface area contributed by atoms with Gasteiger partial charge in [-0.3, -0.25) is 4.79 Å². The van der Waals surface area contributed by atoms with Gasteiger partial charge in [0.1, 0.15) is 5.01 Å². The minimum absolute atomic E-state index is 0.0313. The Kier molecular flexibility index (Phi) is 3.43. The lowest BCUT2D eigenvalue weighted by molar-refractivity contribution is -0.127. The fourth-order valence-corrected chi connectivity index (χ4v) is 5.09. The first-order valence-electron chi connectivity index (χ1n) is 8.79. The molecule has 3 aliphatic rings. The number of hydrogen-bond acceptors (Lipinski definition) is 6. The molecule has 3 aliphatic carbocycles. The number of amides is 1. The molecule has 2 aromatic rings. The summed E-state index contributed by atoms with van der Waals surface area (Å²) in [5.74, 6) is 3.17. The summed E-state index contributed by atoms with van der Waals surface area (Å²) in [4.78, 5) is 21.7. The molecule has 126 valence electrons. The molecule has 2 aromatic heterocycles. The predicted molar refractivity (Wildman–Crippen MR) is 87.3 cm³/mol. The van der Waals surface area contributed by atoms with Crippen LogP contribution in [0.4, 0.5) is 0 Å². The van der Waals surface area contributed by atoms with Gasteiger partial charge in [-0.05, 0) is 43.9 Å². The third-order valence-electron chi connectivity index (χ3n) is 5.80. The number of carbonyl (C=O) groups excluding carboxylic acids is 1. The van der Waals surface area contributed by atoms with Crippen LogP contribution < -0.4 is 5.32 Å². The first-order chi connectivity index (χ1) is 11.8. The second-order valence-corrected chi connectivity index (χ2v) is 8.27. The normalized spacial score (nSPS) is 31.5. The number of rotatable bonds is 5. The highest BCUT2D eigenvalue weighted by Gasteiger charge is 2.53. The fourth-order valence-electron chi connectivity index (χ4n) is 4.53. The van der Waals surface area contributed by atoms with Crippen LogP contribution in [0.3, 0.4) is 0 Å².